The summed E-state index contributed by atoms with van der Waals surface area (Å²) in [5.41, 5.74) is 2.17. The first-order chi connectivity index (χ1) is 8.28. The highest BCUT2D eigenvalue weighted by Crippen LogP contribution is 2.33. The summed E-state index contributed by atoms with van der Waals surface area (Å²) >= 11 is 0. The van der Waals surface area contributed by atoms with Crippen molar-refractivity contribution in [3.8, 4) is 11.5 Å². The zero-order valence-corrected chi connectivity index (χ0v) is 10.5. The molecule has 0 amide bonds. The molecule has 1 aromatic carbocycles. The van der Waals surface area contributed by atoms with Crippen LogP contribution in [0.2, 0.25) is 0 Å². The molecule has 0 unspecified atom stereocenters. The van der Waals surface area contributed by atoms with Gasteiger partial charge >= 0.3 is 0 Å². The molecular formula is C14H19NO2. The van der Waals surface area contributed by atoms with Crippen LogP contribution in [-0.4, -0.2) is 20.3 Å². The Morgan fingerprint density at radius 2 is 2.12 bits per heavy atom. The van der Waals surface area contributed by atoms with Crippen LogP contribution >= 0.6 is 0 Å². The molecule has 0 heterocycles. The number of nitrogens with one attached hydrogen (secondary N) is 1. The molecule has 0 aliphatic heterocycles. The van der Waals surface area contributed by atoms with E-state index in [0.29, 0.717) is 6.04 Å². The van der Waals surface area contributed by atoms with Gasteiger partial charge in [0.1, 0.15) is 0 Å². The number of rotatable bonds is 6. The molecule has 2 rings (SSSR count). The third kappa shape index (κ3) is 2.80. The van der Waals surface area contributed by atoms with Gasteiger partial charge in [-0.1, -0.05) is 12.7 Å². The van der Waals surface area contributed by atoms with E-state index in [0.717, 1.165) is 23.6 Å². The molecule has 1 saturated carbocycles. The third-order valence-corrected chi connectivity index (χ3v) is 2.96. The number of hydrogen-bond donors (Lipinski definition) is 1. The highest BCUT2D eigenvalue weighted by atomic mass is 16.5. The highest BCUT2D eigenvalue weighted by molar-refractivity contribution is 5.62. The van der Waals surface area contributed by atoms with Crippen LogP contribution in [0, 0.1) is 0 Å². The predicted octanol–water partition coefficient (Wildman–Crippen LogP) is 2.60. The molecule has 0 aromatic heterocycles. The SMILES string of the molecule is C=Cc1cc(CNC2CC2)cc(OC)c1OC. The fraction of sp³-hybridized carbons (Fsp3) is 0.429. The molecular weight excluding hydrogens is 214 g/mol. The van der Waals surface area contributed by atoms with E-state index in [1.807, 2.05) is 6.07 Å². The Labute approximate surface area is 102 Å². The summed E-state index contributed by atoms with van der Waals surface area (Å²) in [5.74, 6) is 1.51. The van der Waals surface area contributed by atoms with E-state index in [4.69, 9.17) is 9.47 Å². The van der Waals surface area contributed by atoms with Gasteiger partial charge in [-0.3, -0.25) is 0 Å². The fourth-order valence-electron chi connectivity index (χ4n) is 1.86. The van der Waals surface area contributed by atoms with Gasteiger partial charge in [-0.15, -0.1) is 0 Å². The summed E-state index contributed by atoms with van der Waals surface area (Å²) in [6.45, 7) is 4.67. The van der Waals surface area contributed by atoms with Crippen molar-refractivity contribution >= 4 is 6.08 Å². The van der Waals surface area contributed by atoms with Gasteiger partial charge in [0.2, 0.25) is 0 Å². The van der Waals surface area contributed by atoms with Crippen molar-refractivity contribution in [2.75, 3.05) is 14.2 Å². The molecule has 0 bridgehead atoms. The van der Waals surface area contributed by atoms with E-state index < -0.39 is 0 Å². The molecule has 3 nitrogen and oxygen atoms in total. The largest absolute Gasteiger partial charge is 0.493 e. The van der Waals surface area contributed by atoms with E-state index in [-0.39, 0.29) is 0 Å². The second-order valence-electron chi connectivity index (χ2n) is 4.28. The van der Waals surface area contributed by atoms with E-state index >= 15 is 0 Å². The molecule has 17 heavy (non-hydrogen) atoms. The lowest BCUT2D eigenvalue weighted by Gasteiger charge is -2.13. The number of hydrogen-bond acceptors (Lipinski definition) is 3. The van der Waals surface area contributed by atoms with Crippen molar-refractivity contribution in [1.29, 1.82) is 0 Å². The van der Waals surface area contributed by atoms with Gasteiger partial charge in [0.15, 0.2) is 11.5 Å². The third-order valence-electron chi connectivity index (χ3n) is 2.96. The Kier molecular flexibility index (Phi) is 3.69. The molecule has 1 aromatic rings. The highest BCUT2D eigenvalue weighted by Gasteiger charge is 2.20. The Hall–Kier alpha value is -1.48. The molecule has 3 heteroatoms. The Bertz CT molecular complexity index is 411. The first-order valence-corrected chi connectivity index (χ1v) is 5.89. The maximum absolute atomic E-state index is 5.34. The summed E-state index contributed by atoms with van der Waals surface area (Å²) in [6, 6.07) is 4.81. The monoisotopic (exact) mass is 233 g/mol. The van der Waals surface area contributed by atoms with Crippen LogP contribution in [0.1, 0.15) is 24.0 Å². The minimum atomic E-state index is 0.704. The lowest BCUT2D eigenvalue weighted by Crippen LogP contribution is -2.15. The maximum atomic E-state index is 5.34. The number of benzene rings is 1. The summed E-state index contributed by atoms with van der Waals surface area (Å²) in [7, 11) is 3.30. The molecule has 1 fully saturated rings. The average molecular weight is 233 g/mol. The standard InChI is InChI=1S/C14H19NO2/c1-4-11-7-10(9-15-12-5-6-12)8-13(16-2)14(11)17-3/h4,7-8,12,15H,1,5-6,9H2,2-3H3. The lowest BCUT2D eigenvalue weighted by molar-refractivity contribution is 0.353. The molecule has 92 valence electrons. The molecule has 1 N–H and O–H groups in total. The Morgan fingerprint density at radius 3 is 2.65 bits per heavy atom. The van der Waals surface area contributed by atoms with Crippen LogP contribution in [0.3, 0.4) is 0 Å². The van der Waals surface area contributed by atoms with E-state index in [9.17, 15) is 0 Å². The van der Waals surface area contributed by atoms with Gasteiger partial charge in [0, 0.05) is 18.2 Å². The second kappa shape index (κ2) is 5.23. The zero-order valence-electron chi connectivity index (χ0n) is 10.5. The van der Waals surface area contributed by atoms with Gasteiger partial charge in [-0.25, -0.2) is 0 Å². The van der Waals surface area contributed by atoms with Crippen LogP contribution in [-0.2, 0) is 6.54 Å². The Morgan fingerprint density at radius 1 is 1.35 bits per heavy atom. The van der Waals surface area contributed by atoms with Crippen LogP contribution in [0.25, 0.3) is 6.08 Å². The van der Waals surface area contributed by atoms with E-state index in [2.05, 4.69) is 18.0 Å². The summed E-state index contributed by atoms with van der Waals surface area (Å²) in [6.07, 6.45) is 4.38. The first-order valence-electron chi connectivity index (χ1n) is 5.89. The van der Waals surface area contributed by atoms with Gasteiger partial charge in [-0.05, 0) is 30.5 Å². The van der Waals surface area contributed by atoms with Gasteiger partial charge in [-0.2, -0.15) is 0 Å². The molecule has 1 aliphatic carbocycles. The fourth-order valence-corrected chi connectivity index (χ4v) is 1.86. The van der Waals surface area contributed by atoms with E-state index in [1.54, 1.807) is 20.3 Å². The first kappa shape index (κ1) is 12.0. The number of ether oxygens (including phenoxy) is 2. The number of methoxy groups -OCH3 is 2. The second-order valence-corrected chi connectivity index (χ2v) is 4.28. The maximum Gasteiger partial charge on any atom is 0.167 e. The zero-order chi connectivity index (χ0) is 12.3. The van der Waals surface area contributed by atoms with Crippen LogP contribution in [0.5, 0.6) is 11.5 Å². The van der Waals surface area contributed by atoms with Crippen LogP contribution in [0.15, 0.2) is 18.7 Å². The van der Waals surface area contributed by atoms with Crippen molar-refractivity contribution in [2.24, 2.45) is 0 Å². The van der Waals surface area contributed by atoms with Crippen molar-refractivity contribution in [1.82, 2.24) is 5.32 Å². The van der Waals surface area contributed by atoms with Crippen LogP contribution in [0.4, 0.5) is 0 Å². The topological polar surface area (TPSA) is 30.5 Å². The van der Waals surface area contributed by atoms with Crippen LogP contribution < -0.4 is 14.8 Å². The molecule has 0 atom stereocenters. The summed E-state index contributed by atoms with van der Waals surface area (Å²) in [5, 5.41) is 3.48. The predicted molar refractivity (Wildman–Crippen MR) is 69.5 cm³/mol. The molecule has 0 saturated heterocycles. The normalized spacial score (nSPS) is 14.5. The van der Waals surface area contributed by atoms with E-state index in [1.165, 1.54) is 18.4 Å². The minimum Gasteiger partial charge on any atom is -0.493 e. The van der Waals surface area contributed by atoms with Crippen molar-refractivity contribution < 1.29 is 9.47 Å². The molecule has 0 spiro atoms. The molecule has 0 radical (unpaired) electrons. The van der Waals surface area contributed by atoms with Gasteiger partial charge < -0.3 is 14.8 Å². The summed E-state index contributed by atoms with van der Waals surface area (Å²) < 4.78 is 10.7. The van der Waals surface area contributed by atoms with Crippen molar-refractivity contribution in [3.05, 3.63) is 29.8 Å². The average Bonchev–Trinajstić information content (AvgIpc) is 3.18. The molecule has 1 aliphatic rings. The quantitative estimate of drug-likeness (QED) is 0.819. The lowest BCUT2D eigenvalue weighted by atomic mass is 10.1. The Balaban J connectivity index is 2.22. The minimum absolute atomic E-state index is 0.704. The smallest absolute Gasteiger partial charge is 0.167 e. The van der Waals surface area contributed by atoms with Gasteiger partial charge in [0.05, 0.1) is 14.2 Å². The van der Waals surface area contributed by atoms with Crippen molar-refractivity contribution in [3.63, 3.8) is 0 Å². The summed E-state index contributed by atoms with van der Waals surface area (Å²) in [4.78, 5) is 0. The van der Waals surface area contributed by atoms with Crippen molar-refractivity contribution in [2.45, 2.75) is 25.4 Å². The van der Waals surface area contributed by atoms with Gasteiger partial charge in [0.25, 0.3) is 0 Å².